The molecule has 0 radical (unpaired) electrons. The number of hydrogen-bond acceptors (Lipinski definition) is 2. The molecule has 0 bridgehead atoms. The molecule has 5 rings (SSSR count). The first-order valence-corrected chi connectivity index (χ1v) is 11.0. The van der Waals surface area contributed by atoms with Crippen molar-refractivity contribution in [2.75, 3.05) is 0 Å². The molecule has 0 aromatic heterocycles. The van der Waals surface area contributed by atoms with Crippen LogP contribution in [0.2, 0.25) is 0 Å². The predicted octanol–water partition coefficient (Wildman–Crippen LogP) is 7.29. The van der Waals surface area contributed by atoms with E-state index >= 15 is 0 Å². The van der Waals surface area contributed by atoms with E-state index in [-0.39, 0.29) is 5.41 Å². The van der Waals surface area contributed by atoms with Gasteiger partial charge in [0.15, 0.2) is 0 Å². The summed E-state index contributed by atoms with van der Waals surface area (Å²) in [5, 5.41) is 21.2. The van der Waals surface area contributed by atoms with Crippen molar-refractivity contribution in [3.63, 3.8) is 0 Å². The quantitative estimate of drug-likeness (QED) is 0.373. The van der Waals surface area contributed by atoms with Gasteiger partial charge in [-0.3, -0.25) is 0 Å². The summed E-state index contributed by atoms with van der Waals surface area (Å²) in [6.45, 7) is 0. The first-order valence-electron chi connectivity index (χ1n) is 11.0. The van der Waals surface area contributed by atoms with Crippen LogP contribution in [0.1, 0.15) is 36.8 Å². The largest absolute Gasteiger partial charge is 0.507 e. The SMILES string of the molecule is Oc1ccc(C2(c3ccc(O)c(-c4ccccc4)c3)CCCC2)cc1-c1ccccc1. The fraction of sp³-hybridized carbons (Fsp3) is 0.172. The summed E-state index contributed by atoms with van der Waals surface area (Å²) in [5.41, 5.74) is 6.11. The van der Waals surface area contributed by atoms with Gasteiger partial charge in [-0.15, -0.1) is 0 Å². The van der Waals surface area contributed by atoms with E-state index in [0.29, 0.717) is 11.5 Å². The van der Waals surface area contributed by atoms with E-state index in [0.717, 1.165) is 35.1 Å². The fourth-order valence-corrected chi connectivity index (χ4v) is 5.09. The minimum absolute atomic E-state index is 0.117. The highest BCUT2D eigenvalue weighted by atomic mass is 16.3. The van der Waals surface area contributed by atoms with Crippen molar-refractivity contribution in [1.29, 1.82) is 0 Å². The van der Waals surface area contributed by atoms with Crippen molar-refractivity contribution in [2.45, 2.75) is 31.1 Å². The van der Waals surface area contributed by atoms with Gasteiger partial charge in [0.25, 0.3) is 0 Å². The average molecular weight is 407 g/mol. The first kappa shape index (κ1) is 19.4. The Morgan fingerprint density at radius 1 is 0.516 bits per heavy atom. The van der Waals surface area contributed by atoms with Crippen LogP contribution < -0.4 is 0 Å². The standard InChI is InChI=1S/C29H26O2/c30-27-15-13-23(19-25(27)21-9-3-1-4-10-21)29(17-7-8-18-29)24-14-16-28(31)26(20-24)22-11-5-2-6-12-22/h1-6,9-16,19-20,30-31H,7-8,17-18H2. The van der Waals surface area contributed by atoms with Gasteiger partial charge in [0, 0.05) is 16.5 Å². The normalized spacial score (nSPS) is 15.1. The van der Waals surface area contributed by atoms with E-state index in [1.165, 1.54) is 24.0 Å². The van der Waals surface area contributed by atoms with E-state index in [1.807, 2.05) is 72.8 Å². The molecule has 1 fully saturated rings. The lowest BCUT2D eigenvalue weighted by Crippen LogP contribution is -2.23. The summed E-state index contributed by atoms with van der Waals surface area (Å²) in [6.07, 6.45) is 4.46. The van der Waals surface area contributed by atoms with Crippen molar-refractivity contribution in [3.05, 3.63) is 108 Å². The number of hydrogen-bond donors (Lipinski definition) is 2. The molecule has 1 saturated carbocycles. The Morgan fingerprint density at radius 3 is 1.35 bits per heavy atom. The molecule has 4 aromatic rings. The van der Waals surface area contributed by atoms with Gasteiger partial charge in [-0.1, -0.05) is 85.6 Å². The van der Waals surface area contributed by atoms with Crippen molar-refractivity contribution in [3.8, 4) is 33.8 Å². The number of phenolic OH excluding ortho intramolecular Hbond substituents is 2. The lowest BCUT2D eigenvalue weighted by atomic mass is 9.72. The lowest BCUT2D eigenvalue weighted by Gasteiger charge is -2.32. The highest BCUT2D eigenvalue weighted by molar-refractivity contribution is 5.73. The van der Waals surface area contributed by atoms with Crippen LogP contribution in [0.4, 0.5) is 0 Å². The summed E-state index contributed by atoms with van der Waals surface area (Å²) < 4.78 is 0. The molecule has 0 amide bonds. The Bertz CT molecular complexity index is 1100. The monoisotopic (exact) mass is 406 g/mol. The van der Waals surface area contributed by atoms with Crippen LogP contribution in [-0.4, -0.2) is 10.2 Å². The maximum absolute atomic E-state index is 10.6. The molecule has 2 nitrogen and oxygen atoms in total. The molecule has 0 aliphatic heterocycles. The van der Waals surface area contributed by atoms with Crippen LogP contribution >= 0.6 is 0 Å². The Kier molecular flexibility index (Phi) is 4.99. The van der Waals surface area contributed by atoms with E-state index in [2.05, 4.69) is 24.3 Å². The smallest absolute Gasteiger partial charge is 0.123 e. The Balaban J connectivity index is 1.66. The first-order chi connectivity index (χ1) is 15.2. The zero-order valence-electron chi connectivity index (χ0n) is 17.5. The van der Waals surface area contributed by atoms with Crippen LogP contribution in [0.15, 0.2) is 97.1 Å². The van der Waals surface area contributed by atoms with Gasteiger partial charge in [0.1, 0.15) is 11.5 Å². The summed E-state index contributed by atoms with van der Waals surface area (Å²) in [7, 11) is 0. The lowest BCUT2D eigenvalue weighted by molar-refractivity contribution is 0.473. The third-order valence-electron chi connectivity index (χ3n) is 6.72. The van der Waals surface area contributed by atoms with Crippen LogP contribution in [0.25, 0.3) is 22.3 Å². The van der Waals surface area contributed by atoms with Gasteiger partial charge < -0.3 is 10.2 Å². The highest BCUT2D eigenvalue weighted by Crippen LogP contribution is 2.49. The van der Waals surface area contributed by atoms with E-state index < -0.39 is 0 Å². The second-order valence-corrected chi connectivity index (χ2v) is 8.49. The van der Waals surface area contributed by atoms with Gasteiger partial charge in [-0.2, -0.15) is 0 Å². The Labute approximate surface area is 183 Å². The molecule has 0 saturated heterocycles. The molecule has 2 heteroatoms. The fourth-order valence-electron chi connectivity index (χ4n) is 5.09. The molecule has 1 aliphatic carbocycles. The van der Waals surface area contributed by atoms with Crippen LogP contribution in [-0.2, 0) is 5.41 Å². The maximum Gasteiger partial charge on any atom is 0.123 e. The van der Waals surface area contributed by atoms with Crippen LogP contribution in [0.3, 0.4) is 0 Å². The minimum atomic E-state index is -0.117. The average Bonchev–Trinajstić information content (AvgIpc) is 3.32. The molecular weight excluding hydrogens is 380 g/mol. The highest BCUT2D eigenvalue weighted by Gasteiger charge is 2.38. The Morgan fingerprint density at radius 2 is 0.935 bits per heavy atom. The van der Waals surface area contributed by atoms with Gasteiger partial charge in [0.2, 0.25) is 0 Å². The summed E-state index contributed by atoms with van der Waals surface area (Å²) in [6, 6.07) is 32.2. The molecular formula is C29H26O2. The van der Waals surface area contributed by atoms with Crippen molar-refractivity contribution in [1.82, 2.24) is 0 Å². The molecule has 0 spiro atoms. The van der Waals surface area contributed by atoms with E-state index in [4.69, 9.17) is 0 Å². The number of phenols is 2. The molecule has 0 heterocycles. The van der Waals surface area contributed by atoms with Gasteiger partial charge in [-0.25, -0.2) is 0 Å². The third-order valence-corrected chi connectivity index (χ3v) is 6.72. The van der Waals surface area contributed by atoms with E-state index in [9.17, 15) is 10.2 Å². The summed E-state index contributed by atoms with van der Waals surface area (Å²) in [5.74, 6) is 0.609. The van der Waals surface area contributed by atoms with Crippen molar-refractivity contribution < 1.29 is 10.2 Å². The molecule has 4 aromatic carbocycles. The third kappa shape index (κ3) is 3.48. The predicted molar refractivity (Wildman–Crippen MR) is 126 cm³/mol. The van der Waals surface area contributed by atoms with Crippen LogP contribution in [0.5, 0.6) is 11.5 Å². The Hall–Kier alpha value is -3.52. The molecule has 0 atom stereocenters. The number of benzene rings is 4. The summed E-state index contributed by atoms with van der Waals surface area (Å²) in [4.78, 5) is 0. The van der Waals surface area contributed by atoms with Gasteiger partial charge in [-0.05, 0) is 59.4 Å². The minimum Gasteiger partial charge on any atom is -0.507 e. The molecule has 1 aliphatic rings. The second-order valence-electron chi connectivity index (χ2n) is 8.49. The van der Waals surface area contributed by atoms with Crippen molar-refractivity contribution >= 4 is 0 Å². The molecule has 31 heavy (non-hydrogen) atoms. The van der Waals surface area contributed by atoms with Crippen molar-refractivity contribution in [2.24, 2.45) is 0 Å². The van der Waals surface area contributed by atoms with Gasteiger partial charge >= 0.3 is 0 Å². The molecule has 154 valence electrons. The summed E-state index contributed by atoms with van der Waals surface area (Å²) >= 11 is 0. The molecule has 2 N–H and O–H groups in total. The van der Waals surface area contributed by atoms with Gasteiger partial charge in [0.05, 0.1) is 0 Å². The van der Waals surface area contributed by atoms with E-state index in [1.54, 1.807) is 0 Å². The number of aromatic hydroxyl groups is 2. The molecule has 0 unspecified atom stereocenters. The topological polar surface area (TPSA) is 40.5 Å². The van der Waals surface area contributed by atoms with Crippen LogP contribution in [0, 0.1) is 0 Å². The number of rotatable bonds is 4. The maximum atomic E-state index is 10.6. The zero-order chi connectivity index (χ0) is 21.3. The second kappa shape index (κ2) is 7.96. The zero-order valence-corrected chi connectivity index (χ0v) is 17.5.